The van der Waals surface area contributed by atoms with E-state index in [0.29, 0.717) is 0 Å². The largest absolute Gasteiger partial charge is 0.391 e. The highest BCUT2D eigenvalue weighted by molar-refractivity contribution is 7.16. The van der Waals surface area contributed by atoms with Crippen LogP contribution in [0.2, 0.25) is 0 Å². The molecule has 0 saturated carbocycles. The molecule has 4 heteroatoms. The molecule has 0 spiro atoms. The van der Waals surface area contributed by atoms with E-state index in [-0.39, 0.29) is 0 Å². The lowest BCUT2D eigenvalue weighted by Gasteiger charge is -2.01. The monoisotopic (exact) mass is 246 g/mol. The molecule has 0 fully saturated rings. The fourth-order valence-corrected chi connectivity index (χ4v) is 3.46. The number of nitrogens with two attached hydrogens (primary N) is 1. The fourth-order valence-electron chi connectivity index (χ4n) is 1.88. The Hall–Kier alpha value is -1.39. The molecule has 2 N–H and O–H groups in total. The maximum absolute atomic E-state index is 5.84. The topological polar surface area (TPSA) is 38.9 Å². The molecule has 0 atom stereocenters. The summed E-state index contributed by atoms with van der Waals surface area (Å²) >= 11 is 3.32. The maximum atomic E-state index is 5.84. The van der Waals surface area contributed by atoms with Gasteiger partial charge in [-0.1, -0.05) is 0 Å². The Labute approximate surface area is 101 Å². The fraction of sp³-hybridized carbons (Fsp3) is 0.0833. The van der Waals surface area contributed by atoms with Crippen molar-refractivity contribution in [2.24, 2.45) is 0 Å². The van der Waals surface area contributed by atoms with Crippen LogP contribution in [0.25, 0.3) is 22.0 Å². The summed E-state index contributed by atoms with van der Waals surface area (Å²) in [6.07, 6.45) is 1.86. The van der Waals surface area contributed by atoms with E-state index < -0.39 is 0 Å². The van der Waals surface area contributed by atoms with Crippen LogP contribution < -0.4 is 5.73 Å². The van der Waals surface area contributed by atoms with Crippen molar-refractivity contribution >= 4 is 38.6 Å². The second-order valence-corrected chi connectivity index (χ2v) is 5.68. The number of anilines is 1. The summed E-state index contributed by atoms with van der Waals surface area (Å²) in [7, 11) is 0. The summed E-state index contributed by atoms with van der Waals surface area (Å²) < 4.78 is 0. The summed E-state index contributed by atoms with van der Waals surface area (Å²) in [5.74, 6) is 0. The lowest BCUT2D eigenvalue weighted by Crippen LogP contribution is -1.80. The minimum atomic E-state index is 0.868. The molecule has 3 rings (SSSR count). The summed E-state index contributed by atoms with van der Waals surface area (Å²) in [4.78, 5) is 5.61. The molecule has 0 bridgehead atoms. The summed E-state index contributed by atoms with van der Waals surface area (Å²) in [6, 6.07) is 4.11. The second-order valence-electron chi connectivity index (χ2n) is 3.65. The first-order valence-electron chi connectivity index (χ1n) is 4.93. The molecular weight excluding hydrogens is 236 g/mol. The number of aromatic nitrogens is 1. The van der Waals surface area contributed by atoms with E-state index in [1.165, 1.54) is 21.4 Å². The van der Waals surface area contributed by atoms with Crippen molar-refractivity contribution in [1.82, 2.24) is 4.98 Å². The molecule has 0 aromatic carbocycles. The zero-order valence-corrected chi connectivity index (χ0v) is 10.4. The molecule has 3 aromatic heterocycles. The average molecular weight is 246 g/mol. The first kappa shape index (κ1) is 9.81. The van der Waals surface area contributed by atoms with Gasteiger partial charge in [0, 0.05) is 27.2 Å². The molecule has 0 unspecified atom stereocenters. The van der Waals surface area contributed by atoms with Crippen LogP contribution in [-0.4, -0.2) is 4.98 Å². The lowest BCUT2D eigenvalue weighted by atomic mass is 10.1. The SMILES string of the molecule is Cc1sc(N)cc1-c1ccnc2cscc12. The molecule has 16 heavy (non-hydrogen) atoms. The van der Waals surface area contributed by atoms with Gasteiger partial charge < -0.3 is 5.73 Å². The van der Waals surface area contributed by atoms with E-state index in [1.807, 2.05) is 12.3 Å². The highest BCUT2D eigenvalue weighted by Gasteiger charge is 2.10. The molecule has 3 aromatic rings. The van der Waals surface area contributed by atoms with E-state index in [1.54, 1.807) is 22.7 Å². The Morgan fingerprint density at radius 2 is 2.12 bits per heavy atom. The highest BCUT2D eigenvalue weighted by atomic mass is 32.1. The summed E-state index contributed by atoms with van der Waals surface area (Å²) in [5.41, 5.74) is 9.37. The van der Waals surface area contributed by atoms with Crippen molar-refractivity contribution in [3.8, 4) is 11.1 Å². The van der Waals surface area contributed by atoms with Crippen molar-refractivity contribution in [2.75, 3.05) is 5.73 Å². The van der Waals surface area contributed by atoms with E-state index in [4.69, 9.17) is 5.73 Å². The predicted molar refractivity (Wildman–Crippen MR) is 72.1 cm³/mol. The minimum Gasteiger partial charge on any atom is -0.391 e. The van der Waals surface area contributed by atoms with E-state index >= 15 is 0 Å². The van der Waals surface area contributed by atoms with Crippen LogP contribution in [0.4, 0.5) is 5.00 Å². The predicted octanol–water partition coefficient (Wildman–Crippen LogP) is 3.92. The van der Waals surface area contributed by atoms with Gasteiger partial charge in [-0.25, -0.2) is 0 Å². The van der Waals surface area contributed by atoms with Gasteiger partial charge in [-0.2, -0.15) is 0 Å². The molecular formula is C12H10N2S2. The van der Waals surface area contributed by atoms with Crippen LogP contribution in [0, 0.1) is 6.92 Å². The van der Waals surface area contributed by atoms with Crippen molar-refractivity contribution < 1.29 is 0 Å². The Morgan fingerprint density at radius 1 is 1.25 bits per heavy atom. The molecule has 3 heterocycles. The molecule has 2 nitrogen and oxygen atoms in total. The Bertz CT molecular complexity index is 652. The van der Waals surface area contributed by atoms with Crippen LogP contribution >= 0.6 is 22.7 Å². The van der Waals surface area contributed by atoms with Crippen LogP contribution in [-0.2, 0) is 0 Å². The summed E-state index contributed by atoms with van der Waals surface area (Å²) in [6.45, 7) is 2.11. The zero-order chi connectivity index (χ0) is 11.1. The maximum Gasteiger partial charge on any atom is 0.0865 e. The number of thiophene rings is 2. The Morgan fingerprint density at radius 3 is 2.88 bits per heavy atom. The Kier molecular flexibility index (Phi) is 2.19. The van der Waals surface area contributed by atoms with Crippen molar-refractivity contribution in [1.29, 1.82) is 0 Å². The number of hydrogen-bond donors (Lipinski definition) is 1. The van der Waals surface area contributed by atoms with Crippen LogP contribution in [0.3, 0.4) is 0 Å². The quantitative estimate of drug-likeness (QED) is 0.707. The van der Waals surface area contributed by atoms with Crippen molar-refractivity contribution in [2.45, 2.75) is 6.92 Å². The zero-order valence-electron chi connectivity index (χ0n) is 8.73. The van der Waals surface area contributed by atoms with Gasteiger partial charge in [0.05, 0.1) is 10.5 Å². The Balaban J connectivity index is 2.33. The van der Waals surface area contributed by atoms with Gasteiger partial charge in [0.25, 0.3) is 0 Å². The number of pyridine rings is 1. The highest BCUT2D eigenvalue weighted by Crippen LogP contribution is 2.36. The number of nitrogen functional groups attached to an aromatic ring is 1. The van der Waals surface area contributed by atoms with Crippen LogP contribution in [0.1, 0.15) is 4.88 Å². The molecule has 80 valence electrons. The van der Waals surface area contributed by atoms with Gasteiger partial charge in [0.2, 0.25) is 0 Å². The third kappa shape index (κ3) is 1.42. The van der Waals surface area contributed by atoms with E-state index in [9.17, 15) is 0 Å². The lowest BCUT2D eigenvalue weighted by molar-refractivity contribution is 1.42. The molecule has 0 radical (unpaired) electrons. The smallest absolute Gasteiger partial charge is 0.0865 e. The van der Waals surface area contributed by atoms with E-state index in [2.05, 4.69) is 28.7 Å². The molecule has 0 saturated heterocycles. The third-order valence-electron chi connectivity index (χ3n) is 2.61. The minimum absolute atomic E-state index is 0.868. The van der Waals surface area contributed by atoms with Gasteiger partial charge in [-0.3, -0.25) is 4.98 Å². The van der Waals surface area contributed by atoms with Gasteiger partial charge in [-0.05, 0) is 30.2 Å². The number of nitrogens with zero attached hydrogens (tertiary/aromatic N) is 1. The average Bonchev–Trinajstić information content (AvgIpc) is 2.84. The van der Waals surface area contributed by atoms with Gasteiger partial charge in [0.15, 0.2) is 0 Å². The molecule has 0 aliphatic heterocycles. The van der Waals surface area contributed by atoms with Gasteiger partial charge >= 0.3 is 0 Å². The van der Waals surface area contributed by atoms with Crippen molar-refractivity contribution in [3.05, 3.63) is 34.0 Å². The van der Waals surface area contributed by atoms with Gasteiger partial charge in [0.1, 0.15) is 0 Å². The number of hydrogen-bond acceptors (Lipinski definition) is 4. The number of rotatable bonds is 1. The van der Waals surface area contributed by atoms with Crippen molar-refractivity contribution in [3.63, 3.8) is 0 Å². The first-order valence-corrected chi connectivity index (χ1v) is 6.69. The molecule has 0 aliphatic carbocycles. The third-order valence-corrected chi connectivity index (χ3v) is 4.22. The van der Waals surface area contributed by atoms with E-state index in [0.717, 1.165) is 10.5 Å². The molecule has 0 amide bonds. The second kappa shape index (κ2) is 3.57. The van der Waals surface area contributed by atoms with Crippen LogP contribution in [0.5, 0.6) is 0 Å². The summed E-state index contributed by atoms with van der Waals surface area (Å²) in [5, 5.41) is 6.30. The normalized spacial score (nSPS) is 11.1. The van der Waals surface area contributed by atoms with Gasteiger partial charge in [-0.15, -0.1) is 22.7 Å². The number of aryl methyl sites for hydroxylation is 1. The van der Waals surface area contributed by atoms with Crippen LogP contribution in [0.15, 0.2) is 29.1 Å². The number of fused-ring (bicyclic) bond motifs is 1. The standard InChI is InChI=1S/C12H10N2S2/c1-7-9(4-12(13)16-7)8-2-3-14-11-6-15-5-10(8)11/h2-6H,13H2,1H3. The molecule has 0 aliphatic rings. The first-order chi connectivity index (χ1) is 7.75.